The number of nitrogens with zero attached hydrogens (tertiary/aromatic N) is 5. The van der Waals surface area contributed by atoms with Gasteiger partial charge in [-0.2, -0.15) is 5.10 Å². The maximum atomic E-state index is 4.32. The van der Waals surface area contributed by atoms with Crippen molar-refractivity contribution in [3.63, 3.8) is 0 Å². The Morgan fingerprint density at radius 1 is 1.32 bits per heavy atom. The Kier molecular flexibility index (Phi) is 9.70. The average Bonchev–Trinajstić information content (AvgIpc) is 2.97. The van der Waals surface area contributed by atoms with Crippen molar-refractivity contribution < 1.29 is 0 Å². The van der Waals surface area contributed by atoms with E-state index in [2.05, 4.69) is 51.4 Å². The molecule has 0 saturated carbocycles. The van der Waals surface area contributed by atoms with E-state index < -0.39 is 0 Å². The molecule has 0 aliphatic carbocycles. The molecule has 0 amide bonds. The summed E-state index contributed by atoms with van der Waals surface area (Å²) in [5, 5.41) is 10.9. The lowest BCUT2D eigenvalue weighted by molar-refractivity contribution is 0.110. The van der Waals surface area contributed by atoms with Crippen LogP contribution >= 0.6 is 24.0 Å². The van der Waals surface area contributed by atoms with Crippen molar-refractivity contribution >= 4 is 29.9 Å². The van der Waals surface area contributed by atoms with Crippen molar-refractivity contribution in [3.05, 3.63) is 12.2 Å². The molecule has 1 unspecified atom stereocenters. The third kappa shape index (κ3) is 6.73. The van der Waals surface area contributed by atoms with Crippen LogP contribution in [-0.2, 0) is 13.6 Å². The number of likely N-dealkylation sites (tertiary alicyclic amines) is 1. The summed E-state index contributed by atoms with van der Waals surface area (Å²) in [6, 6.07) is 0.533. The van der Waals surface area contributed by atoms with E-state index in [0.29, 0.717) is 18.5 Å². The second-order valence-corrected chi connectivity index (χ2v) is 7.14. The van der Waals surface area contributed by atoms with Crippen molar-refractivity contribution in [1.82, 2.24) is 30.3 Å². The van der Waals surface area contributed by atoms with Crippen molar-refractivity contribution in [1.29, 1.82) is 0 Å². The highest BCUT2D eigenvalue weighted by Gasteiger charge is 2.25. The van der Waals surface area contributed by atoms with Gasteiger partial charge in [0.05, 0.1) is 6.54 Å². The molecule has 0 aromatic carbocycles. The molecule has 1 fully saturated rings. The van der Waals surface area contributed by atoms with Crippen LogP contribution in [0.2, 0.25) is 0 Å². The first-order chi connectivity index (χ1) is 11.5. The van der Waals surface area contributed by atoms with Crippen molar-refractivity contribution in [2.75, 3.05) is 26.7 Å². The molecule has 1 atom stereocenters. The summed E-state index contributed by atoms with van der Waals surface area (Å²) in [5.41, 5.74) is 0. The molecule has 2 rings (SSSR count). The van der Waals surface area contributed by atoms with Gasteiger partial charge in [-0.15, -0.1) is 24.0 Å². The molecular weight excluding hydrogens is 429 g/mol. The molecule has 1 aliphatic rings. The predicted octanol–water partition coefficient (Wildman–Crippen LogP) is 1.85. The van der Waals surface area contributed by atoms with E-state index in [1.807, 2.05) is 7.05 Å². The molecule has 25 heavy (non-hydrogen) atoms. The molecule has 2 heterocycles. The van der Waals surface area contributed by atoms with Gasteiger partial charge in [0.2, 0.25) is 0 Å². The summed E-state index contributed by atoms with van der Waals surface area (Å²) in [4.78, 5) is 11.2. The molecule has 0 spiro atoms. The van der Waals surface area contributed by atoms with Crippen LogP contribution in [-0.4, -0.2) is 58.3 Å². The number of hydrogen-bond acceptors (Lipinski definition) is 4. The fourth-order valence-corrected chi connectivity index (χ4v) is 3.21. The number of aliphatic imine (C=N–C) groups is 1. The van der Waals surface area contributed by atoms with E-state index in [-0.39, 0.29) is 24.0 Å². The molecular formula is C17H34IN7. The second-order valence-electron chi connectivity index (χ2n) is 7.14. The molecule has 1 aromatic heterocycles. The Bertz CT molecular complexity index is 521. The number of aromatic nitrogens is 3. The summed E-state index contributed by atoms with van der Waals surface area (Å²) in [6.07, 6.45) is 4.18. The Labute approximate surface area is 169 Å². The van der Waals surface area contributed by atoms with Crippen LogP contribution in [0.4, 0.5) is 0 Å². The topological polar surface area (TPSA) is 70.4 Å². The van der Waals surface area contributed by atoms with Crippen LogP contribution in [0.5, 0.6) is 0 Å². The smallest absolute Gasteiger partial charge is 0.191 e. The van der Waals surface area contributed by atoms with Gasteiger partial charge in [-0.1, -0.05) is 20.8 Å². The molecule has 1 aliphatic heterocycles. The van der Waals surface area contributed by atoms with Crippen LogP contribution in [0.3, 0.4) is 0 Å². The van der Waals surface area contributed by atoms with E-state index in [1.54, 1.807) is 18.1 Å². The zero-order chi connectivity index (χ0) is 17.5. The summed E-state index contributed by atoms with van der Waals surface area (Å²) < 4.78 is 1.77. The van der Waals surface area contributed by atoms with Gasteiger partial charge in [0.15, 0.2) is 5.96 Å². The quantitative estimate of drug-likeness (QED) is 0.383. The zero-order valence-electron chi connectivity index (χ0n) is 16.2. The standard InChI is InChI=1S/C17H33N7.HI/c1-13(2)15(24-8-6-14(3)7-9-24)10-19-17(18-4)20-11-16-21-12-22-23(16)5;/h12-15H,6-11H2,1-5H3,(H2,18,19,20);1H. The largest absolute Gasteiger partial charge is 0.355 e. The second kappa shape index (κ2) is 10.9. The number of guanidine groups is 1. The zero-order valence-corrected chi connectivity index (χ0v) is 18.5. The first-order valence-electron chi connectivity index (χ1n) is 9.02. The number of piperidine rings is 1. The molecule has 1 saturated heterocycles. The van der Waals surface area contributed by atoms with Crippen molar-refractivity contribution in [2.45, 2.75) is 46.2 Å². The summed E-state index contributed by atoms with van der Waals surface area (Å²) >= 11 is 0. The lowest BCUT2D eigenvalue weighted by Crippen LogP contribution is -2.51. The summed E-state index contributed by atoms with van der Waals surface area (Å²) in [5.74, 6) is 3.18. The lowest BCUT2D eigenvalue weighted by Gasteiger charge is -2.39. The Morgan fingerprint density at radius 2 is 2.00 bits per heavy atom. The number of aryl methyl sites for hydroxylation is 1. The van der Waals surface area contributed by atoms with Gasteiger partial charge in [-0.05, 0) is 37.8 Å². The van der Waals surface area contributed by atoms with Crippen LogP contribution in [0.25, 0.3) is 0 Å². The van der Waals surface area contributed by atoms with Crippen LogP contribution in [0, 0.1) is 11.8 Å². The Hall–Kier alpha value is -0.900. The molecule has 144 valence electrons. The molecule has 8 heteroatoms. The highest BCUT2D eigenvalue weighted by molar-refractivity contribution is 14.0. The minimum atomic E-state index is 0. The fraction of sp³-hybridized carbons (Fsp3) is 0.824. The van der Waals surface area contributed by atoms with Crippen molar-refractivity contribution in [2.24, 2.45) is 23.9 Å². The molecule has 0 bridgehead atoms. The van der Waals surface area contributed by atoms with Gasteiger partial charge in [0.1, 0.15) is 12.2 Å². The monoisotopic (exact) mass is 463 g/mol. The summed E-state index contributed by atoms with van der Waals surface area (Å²) in [6.45, 7) is 10.9. The van der Waals surface area contributed by atoms with Crippen molar-refractivity contribution in [3.8, 4) is 0 Å². The number of halogens is 1. The van der Waals surface area contributed by atoms with E-state index >= 15 is 0 Å². The van der Waals surface area contributed by atoms with E-state index in [9.17, 15) is 0 Å². The number of rotatable bonds is 6. The predicted molar refractivity (Wildman–Crippen MR) is 113 cm³/mol. The first kappa shape index (κ1) is 22.1. The van der Waals surface area contributed by atoms with Gasteiger partial charge >= 0.3 is 0 Å². The number of hydrogen-bond donors (Lipinski definition) is 2. The maximum absolute atomic E-state index is 4.32. The highest BCUT2D eigenvalue weighted by Crippen LogP contribution is 2.20. The number of nitrogens with one attached hydrogen (secondary N) is 2. The van der Waals surface area contributed by atoms with Gasteiger partial charge in [-0.3, -0.25) is 14.6 Å². The van der Waals surface area contributed by atoms with Gasteiger partial charge < -0.3 is 10.6 Å². The lowest BCUT2D eigenvalue weighted by atomic mass is 9.94. The van der Waals surface area contributed by atoms with Crippen LogP contribution in [0.1, 0.15) is 39.4 Å². The first-order valence-corrected chi connectivity index (χ1v) is 9.02. The average molecular weight is 463 g/mol. The van der Waals surface area contributed by atoms with Crippen LogP contribution < -0.4 is 10.6 Å². The highest BCUT2D eigenvalue weighted by atomic mass is 127. The van der Waals surface area contributed by atoms with Crippen LogP contribution in [0.15, 0.2) is 11.3 Å². The van der Waals surface area contributed by atoms with E-state index in [1.165, 1.54) is 25.9 Å². The fourth-order valence-electron chi connectivity index (χ4n) is 3.21. The SMILES string of the molecule is CN=C(NCc1ncnn1C)NCC(C(C)C)N1CCC(C)CC1.I. The Balaban J connectivity index is 0.00000312. The van der Waals surface area contributed by atoms with Gasteiger partial charge in [-0.25, -0.2) is 4.98 Å². The molecule has 2 N–H and O–H groups in total. The Morgan fingerprint density at radius 3 is 2.52 bits per heavy atom. The minimum Gasteiger partial charge on any atom is -0.355 e. The molecule has 7 nitrogen and oxygen atoms in total. The third-order valence-electron chi connectivity index (χ3n) is 4.98. The minimum absolute atomic E-state index is 0. The maximum Gasteiger partial charge on any atom is 0.191 e. The van der Waals surface area contributed by atoms with Gasteiger partial charge in [0, 0.05) is 26.7 Å². The molecule has 1 aromatic rings. The molecule has 0 radical (unpaired) electrons. The van der Waals surface area contributed by atoms with E-state index in [0.717, 1.165) is 24.2 Å². The third-order valence-corrected chi connectivity index (χ3v) is 4.98. The normalized spacial score (nSPS) is 18.1. The van der Waals surface area contributed by atoms with Gasteiger partial charge in [0.25, 0.3) is 0 Å². The summed E-state index contributed by atoms with van der Waals surface area (Å²) in [7, 11) is 3.70. The van der Waals surface area contributed by atoms with E-state index in [4.69, 9.17) is 0 Å².